The predicted octanol–water partition coefficient (Wildman–Crippen LogP) is 3.64. The number of nitrogens with two attached hydrogens (primary N) is 1. The molecule has 0 atom stereocenters. The smallest absolute Gasteiger partial charge is 0.250 e. The van der Waals surface area contributed by atoms with Gasteiger partial charge < -0.3 is 15.4 Å². The molecule has 1 aromatic carbocycles. The first-order valence-corrected chi connectivity index (χ1v) is 9.22. The second-order valence-corrected chi connectivity index (χ2v) is 7.05. The molecule has 2 aromatic rings. The molecule has 3 rings (SSSR count). The van der Waals surface area contributed by atoms with Crippen LogP contribution in [0.2, 0.25) is 0 Å². The molecule has 0 bridgehead atoms. The van der Waals surface area contributed by atoms with E-state index in [-0.39, 0.29) is 12.5 Å². The summed E-state index contributed by atoms with van der Waals surface area (Å²) < 4.78 is 2.11. The normalized spacial score (nSPS) is 16.4. The first kappa shape index (κ1) is 17.0. The summed E-state index contributed by atoms with van der Waals surface area (Å²) in [5.74, 6) is 0.352. The number of aliphatic hydroxyl groups excluding tert-OH is 1. The number of nitrogens with zero attached hydrogens (tertiary/aromatic N) is 1. The maximum absolute atomic E-state index is 11.8. The van der Waals surface area contributed by atoms with Crippen LogP contribution >= 0.6 is 0 Å². The van der Waals surface area contributed by atoms with E-state index < -0.39 is 0 Å². The quantitative estimate of drug-likeness (QED) is 0.795. The summed E-state index contributed by atoms with van der Waals surface area (Å²) >= 11 is 0. The van der Waals surface area contributed by atoms with Crippen molar-refractivity contribution in [3.05, 3.63) is 35.5 Å². The Bertz CT molecular complexity index is 697. The van der Waals surface area contributed by atoms with Crippen molar-refractivity contribution >= 4 is 16.8 Å². The standard InChI is InChI=1S/C20H28N2O2/c21-20(24)18-14-22(11-6-12-23)19-16(9-5-10-17(18)19)13-15-7-3-1-2-4-8-15/h5,9-10,14-15,23H,1-4,6-8,11-13H2,(H2,21,24). The van der Waals surface area contributed by atoms with Crippen LogP contribution in [0.4, 0.5) is 0 Å². The van der Waals surface area contributed by atoms with Gasteiger partial charge in [-0.3, -0.25) is 4.79 Å². The molecule has 0 spiro atoms. The monoisotopic (exact) mass is 328 g/mol. The lowest BCUT2D eigenvalue weighted by molar-refractivity contribution is 0.100. The lowest BCUT2D eigenvalue weighted by Gasteiger charge is -2.16. The summed E-state index contributed by atoms with van der Waals surface area (Å²) in [7, 11) is 0. The highest BCUT2D eigenvalue weighted by molar-refractivity contribution is 6.07. The SMILES string of the molecule is NC(=O)c1cn(CCCO)c2c(CC3CCCCCC3)cccc12. The van der Waals surface area contributed by atoms with Crippen LogP contribution in [-0.2, 0) is 13.0 Å². The third-order valence-electron chi connectivity index (χ3n) is 5.29. The fourth-order valence-corrected chi connectivity index (χ4v) is 4.10. The molecule has 3 N–H and O–H groups in total. The Kier molecular flexibility index (Phi) is 5.56. The highest BCUT2D eigenvalue weighted by Crippen LogP contribution is 2.31. The predicted molar refractivity (Wildman–Crippen MR) is 97.1 cm³/mol. The zero-order valence-electron chi connectivity index (χ0n) is 14.3. The van der Waals surface area contributed by atoms with Crippen LogP contribution in [0.3, 0.4) is 0 Å². The van der Waals surface area contributed by atoms with Gasteiger partial charge in [0.05, 0.1) is 11.1 Å². The van der Waals surface area contributed by atoms with Crippen molar-refractivity contribution < 1.29 is 9.90 Å². The van der Waals surface area contributed by atoms with E-state index in [1.165, 1.54) is 44.1 Å². The minimum absolute atomic E-state index is 0.149. The van der Waals surface area contributed by atoms with Gasteiger partial charge in [-0.25, -0.2) is 0 Å². The largest absolute Gasteiger partial charge is 0.396 e. The van der Waals surface area contributed by atoms with Gasteiger partial charge in [0, 0.05) is 24.7 Å². The van der Waals surface area contributed by atoms with Gasteiger partial charge >= 0.3 is 0 Å². The van der Waals surface area contributed by atoms with Crippen LogP contribution in [0.15, 0.2) is 24.4 Å². The van der Waals surface area contributed by atoms with Gasteiger partial charge in [0.1, 0.15) is 0 Å². The van der Waals surface area contributed by atoms with Gasteiger partial charge in [-0.15, -0.1) is 0 Å². The Morgan fingerprint density at radius 1 is 1.21 bits per heavy atom. The number of carbonyl (C=O) groups is 1. The van der Waals surface area contributed by atoms with E-state index in [0.717, 1.165) is 23.2 Å². The summed E-state index contributed by atoms with van der Waals surface area (Å²) in [6.07, 6.45) is 11.6. The second-order valence-electron chi connectivity index (χ2n) is 7.05. The Balaban J connectivity index is 1.98. The van der Waals surface area contributed by atoms with E-state index >= 15 is 0 Å². The van der Waals surface area contributed by atoms with Gasteiger partial charge in [0.15, 0.2) is 0 Å². The number of amides is 1. The van der Waals surface area contributed by atoms with Crippen molar-refractivity contribution in [3.63, 3.8) is 0 Å². The van der Waals surface area contributed by atoms with Gasteiger partial charge in [0.2, 0.25) is 0 Å². The molecule has 1 amide bonds. The number of hydrogen-bond donors (Lipinski definition) is 2. The highest BCUT2D eigenvalue weighted by Gasteiger charge is 2.18. The van der Waals surface area contributed by atoms with Crippen molar-refractivity contribution in [2.75, 3.05) is 6.61 Å². The van der Waals surface area contributed by atoms with E-state index in [1.54, 1.807) is 0 Å². The van der Waals surface area contributed by atoms with Crippen molar-refractivity contribution in [2.24, 2.45) is 11.7 Å². The molecule has 0 saturated heterocycles. The molecule has 0 radical (unpaired) electrons. The number of benzene rings is 1. The number of hydrogen-bond acceptors (Lipinski definition) is 2. The fraction of sp³-hybridized carbons (Fsp3) is 0.550. The number of carbonyl (C=O) groups excluding carboxylic acids is 1. The molecule has 1 fully saturated rings. The van der Waals surface area contributed by atoms with Gasteiger partial charge in [-0.1, -0.05) is 56.7 Å². The second kappa shape index (κ2) is 7.84. The van der Waals surface area contributed by atoms with Gasteiger partial charge in [-0.05, 0) is 24.3 Å². The van der Waals surface area contributed by atoms with Crippen molar-refractivity contribution in [1.82, 2.24) is 4.57 Å². The van der Waals surface area contributed by atoms with Crippen molar-refractivity contribution in [3.8, 4) is 0 Å². The van der Waals surface area contributed by atoms with Crippen molar-refractivity contribution in [2.45, 2.75) is 57.9 Å². The van der Waals surface area contributed by atoms with Crippen LogP contribution in [-0.4, -0.2) is 22.2 Å². The molecular weight excluding hydrogens is 300 g/mol. The molecule has 24 heavy (non-hydrogen) atoms. The molecule has 1 heterocycles. The molecule has 4 nitrogen and oxygen atoms in total. The Morgan fingerprint density at radius 2 is 1.96 bits per heavy atom. The van der Waals surface area contributed by atoms with Crippen molar-refractivity contribution in [1.29, 1.82) is 0 Å². The third kappa shape index (κ3) is 3.64. The summed E-state index contributed by atoms with van der Waals surface area (Å²) in [4.78, 5) is 11.8. The number of primary amides is 1. The molecule has 0 unspecified atom stereocenters. The summed E-state index contributed by atoms with van der Waals surface area (Å²) in [5.41, 5.74) is 8.60. The van der Waals surface area contributed by atoms with E-state index in [0.29, 0.717) is 18.5 Å². The maximum Gasteiger partial charge on any atom is 0.250 e. The molecule has 1 saturated carbocycles. The number of aryl methyl sites for hydroxylation is 1. The lowest BCUT2D eigenvalue weighted by atomic mass is 9.91. The molecular formula is C20H28N2O2. The summed E-state index contributed by atoms with van der Waals surface area (Å²) in [5, 5.41) is 10.1. The Morgan fingerprint density at radius 3 is 2.62 bits per heavy atom. The summed E-state index contributed by atoms with van der Waals surface area (Å²) in [6, 6.07) is 6.21. The highest BCUT2D eigenvalue weighted by atomic mass is 16.3. The molecule has 4 heteroatoms. The van der Waals surface area contributed by atoms with Crippen LogP contribution in [0.1, 0.15) is 60.9 Å². The summed E-state index contributed by atoms with van der Waals surface area (Å²) in [6.45, 7) is 0.859. The molecule has 130 valence electrons. The fourth-order valence-electron chi connectivity index (χ4n) is 4.10. The van der Waals surface area contributed by atoms with E-state index in [4.69, 9.17) is 5.73 Å². The number of aromatic nitrogens is 1. The van der Waals surface area contributed by atoms with Crippen LogP contribution in [0.5, 0.6) is 0 Å². The minimum Gasteiger partial charge on any atom is -0.396 e. The number of rotatable bonds is 6. The zero-order chi connectivity index (χ0) is 16.9. The lowest BCUT2D eigenvalue weighted by Crippen LogP contribution is -2.10. The topological polar surface area (TPSA) is 68.2 Å². The molecule has 1 aliphatic carbocycles. The number of fused-ring (bicyclic) bond motifs is 1. The number of para-hydroxylation sites is 1. The van der Waals surface area contributed by atoms with E-state index in [2.05, 4.69) is 10.6 Å². The molecule has 0 aliphatic heterocycles. The Labute approximate surface area is 143 Å². The van der Waals surface area contributed by atoms with Crippen LogP contribution in [0.25, 0.3) is 10.9 Å². The van der Waals surface area contributed by atoms with Crippen LogP contribution in [0, 0.1) is 5.92 Å². The zero-order valence-corrected chi connectivity index (χ0v) is 14.3. The van der Waals surface area contributed by atoms with Gasteiger partial charge in [0.25, 0.3) is 5.91 Å². The third-order valence-corrected chi connectivity index (χ3v) is 5.29. The van der Waals surface area contributed by atoms with Gasteiger partial charge in [-0.2, -0.15) is 0 Å². The maximum atomic E-state index is 11.8. The molecule has 1 aromatic heterocycles. The van der Waals surface area contributed by atoms with E-state index in [9.17, 15) is 9.90 Å². The Hall–Kier alpha value is -1.81. The minimum atomic E-state index is -0.380. The number of aliphatic hydroxyl groups is 1. The first-order chi connectivity index (χ1) is 11.7. The van der Waals surface area contributed by atoms with E-state index in [1.807, 2.05) is 18.3 Å². The average molecular weight is 328 g/mol. The van der Waals surface area contributed by atoms with Crippen LogP contribution < -0.4 is 5.73 Å². The molecule has 1 aliphatic rings. The average Bonchev–Trinajstić information content (AvgIpc) is 2.76. The first-order valence-electron chi connectivity index (χ1n) is 9.22.